The van der Waals surface area contributed by atoms with Gasteiger partial charge in [0, 0.05) is 24.5 Å². The summed E-state index contributed by atoms with van der Waals surface area (Å²) < 4.78 is 2.07. The molecule has 6 nitrogen and oxygen atoms in total. The van der Waals surface area contributed by atoms with Gasteiger partial charge in [0.1, 0.15) is 0 Å². The molecule has 1 aliphatic heterocycles. The Hall–Kier alpha value is -2.11. The van der Waals surface area contributed by atoms with Gasteiger partial charge in [-0.25, -0.2) is 0 Å². The summed E-state index contributed by atoms with van der Waals surface area (Å²) in [6, 6.07) is 2.35. The average Bonchev–Trinajstić information content (AvgIpc) is 3.03. The molecule has 1 amide bonds. The fourth-order valence-electron chi connectivity index (χ4n) is 3.09. The lowest BCUT2D eigenvalue weighted by molar-refractivity contribution is 0.0671. The van der Waals surface area contributed by atoms with Gasteiger partial charge in [-0.2, -0.15) is 10.2 Å². The van der Waals surface area contributed by atoms with E-state index >= 15 is 0 Å². The topological polar surface area (TPSA) is 66.8 Å². The molecule has 1 aliphatic rings. The lowest BCUT2D eigenvalue weighted by atomic mass is 10.0. The molecule has 0 radical (unpaired) electrons. The van der Waals surface area contributed by atoms with Gasteiger partial charge in [0.2, 0.25) is 0 Å². The highest BCUT2D eigenvalue weighted by Gasteiger charge is 2.27. The van der Waals surface area contributed by atoms with Gasteiger partial charge < -0.3 is 4.90 Å². The molecule has 0 unspecified atom stereocenters. The van der Waals surface area contributed by atoms with E-state index in [0.717, 1.165) is 36.5 Å². The Morgan fingerprint density at radius 1 is 1.38 bits per heavy atom. The smallest absolute Gasteiger partial charge is 0.257 e. The summed E-state index contributed by atoms with van der Waals surface area (Å²) in [7, 11) is 0. The number of hydrogen-bond acceptors (Lipinski definition) is 3. The summed E-state index contributed by atoms with van der Waals surface area (Å²) in [6.45, 7) is 7.47. The molecular formula is C15H21N5O. The summed E-state index contributed by atoms with van der Waals surface area (Å²) in [5.41, 5.74) is 3.69. The van der Waals surface area contributed by atoms with Crippen LogP contribution in [-0.4, -0.2) is 43.9 Å². The molecule has 0 spiro atoms. The molecule has 1 N–H and O–H groups in total. The normalized spacial score (nSPS) is 19.0. The summed E-state index contributed by atoms with van der Waals surface area (Å²) in [4.78, 5) is 14.5. The molecule has 1 atom stereocenters. The second-order valence-electron chi connectivity index (χ2n) is 5.83. The van der Waals surface area contributed by atoms with Gasteiger partial charge in [-0.15, -0.1) is 0 Å². The van der Waals surface area contributed by atoms with Gasteiger partial charge in [-0.3, -0.25) is 14.6 Å². The second-order valence-corrected chi connectivity index (χ2v) is 5.83. The van der Waals surface area contributed by atoms with Crippen molar-refractivity contribution in [2.24, 2.45) is 0 Å². The third kappa shape index (κ3) is 2.57. The van der Waals surface area contributed by atoms with Gasteiger partial charge in [0.25, 0.3) is 5.91 Å². The van der Waals surface area contributed by atoms with E-state index in [4.69, 9.17) is 0 Å². The molecule has 0 bridgehead atoms. The Morgan fingerprint density at radius 2 is 2.19 bits per heavy atom. The number of aromatic amines is 1. The number of hydrogen-bond donors (Lipinski definition) is 1. The first-order valence-electron chi connectivity index (χ1n) is 7.38. The van der Waals surface area contributed by atoms with Crippen molar-refractivity contribution in [1.82, 2.24) is 24.9 Å². The van der Waals surface area contributed by atoms with Crippen molar-refractivity contribution in [2.75, 3.05) is 13.1 Å². The van der Waals surface area contributed by atoms with E-state index in [9.17, 15) is 4.79 Å². The Kier molecular flexibility index (Phi) is 3.53. The van der Waals surface area contributed by atoms with Gasteiger partial charge in [0.15, 0.2) is 0 Å². The highest BCUT2D eigenvalue weighted by Crippen LogP contribution is 2.24. The SMILES string of the molecule is Cc1cc(C)n([C@@H]2CCCN(C(=O)c3cn[nH]c3C)C2)n1. The van der Waals surface area contributed by atoms with Crippen LogP contribution in [0.15, 0.2) is 12.3 Å². The van der Waals surface area contributed by atoms with Crippen LogP contribution >= 0.6 is 0 Å². The van der Waals surface area contributed by atoms with E-state index in [2.05, 4.69) is 33.0 Å². The van der Waals surface area contributed by atoms with Gasteiger partial charge in [0.05, 0.1) is 23.5 Å². The quantitative estimate of drug-likeness (QED) is 0.918. The fourth-order valence-corrected chi connectivity index (χ4v) is 3.09. The number of carbonyl (C=O) groups excluding carboxylic acids is 1. The van der Waals surface area contributed by atoms with E-state index in [-0.39, 0.29) is 11.9 Å². The van der Waals surface area contributed by atoms with Crippen LogP contribution in [-0.2, 0) is 0 Å². The number of nitrogens with zero attached hydrogens (tertiary/aromatic N) is 4. The summed E-state index contributed by atoms with van der Waals surface area (Å²) in [6.07, 6.45) is 3.69. The Morgan fingerprint density at radius 3 is 2.81 bits per heavy atom. The number of rotatable bonds is 2. The zero-order valence-electron chi connectivity index (χ0n) is 12.8. The predicted molar refractivity (Wildman–Crippen MR) is 79.2 cm³/mol. The molecule has 21 heavy (non-hydrogen) atoms. The number of H-pyrrole nitrogens is 1. The highest BCUT2D eigenvalue weighted by atomic mass is 16.2. The Labute approximate surface area is 124 Å². The number of amides is 1. The Bertz CT molecular complexity index is 657. The third-order valence-corrected chi connectivity index (χ3v) is 4.13. The largest absolute Gasteiger partial charge is 0.336 e. The van der Waals surface area contributed by atoms with Crippen LogP contribution in [0.3, 0.4) is 0 Å². The molecule has 2 aromatic heterocycles. The van der Waals surface area contributed by atoms with Gasteiger partial charge in [-0.1, -0.05) is 0 Å². The summed E-state index contributed by atoms with van der Waals surface area (Å²) in [5.74, 6) is 0.0625. The number of nitrogens with one attached hydrogen (secondary N) is 1. The van der Waals surface area contributed by atoms with Crippen molar-refractivity contribution in [3.05, 3.63) is 34.9 Å². The fraction of sp³-hybridized carbons (Fsp3) is 0.533. The Balaban J connectivity index is 1.79. The summed E-state index contributed by atoms with van der Waals surface area (Å²) in [5, 5.41) is 11.3. The van der Waals surface area contributed by atoms with Crippen molar-refractivity contribution < 1.29 is 4.79 Å². The molecule has 0 aromatic carbocycles. The molecular weight excluding hydrogens is 266 g/mol. The predicted octanol–water partition coefficient (Wildman–Crippen LogP) is 2.01. The number of piperidine rings is 1. The minimum Gasteiger partial charge on any atom is -0.336 e. The first-order chi connectivity index (χ1) is 10.1. The second kappa shape index (κ2) is 5.35. The monoisotopic (exact) mass is 287 g/mol. The van der Waals surface area contributed by atoms with Gasteiger partial charge >= 0.3 is 0 Å². The zero-order valence-corrected chi connectivity index (χ0v) is 12.8. The molecule has 1 fully saturated rings. The molecule has 2 aromatic rings. The first-order valence-corrected chi connectivity index (χ1v) is 7.38. The first kappa shape index (κ1) is 13.9. The number of aryl methyl sites for hydroxylation is 3. The molecule has 3 heterocycles. The molecule has 3 rings (SSSR count). The summed E-state index contributed by atoms with van der Waals surface area (Å²) >= 11 is 0. The van der Waals surface area contributed by atoms with Crippen LogP contribution in [0.4, 0.5) is 0 Å². The molecule has 6 heteroatoms. The van der Waals surface area contributed by atoms with Crippen molar-refractivity contribution in [3.63, 3.8) is 0 Å². The maximum absolute atomic E-state index is 12.6. The van der Waals surface area contributed by atoms with E-state index < -0.39 is 0 Å². The van der Waals surface area contributed by atoms with E-state index in [0.29, 0.717) is 12.1 Å². The lowest BCUT2D eigenvalue weighted by Gasteiger charge is -2.33. The van der Waals surface area contributed by atoms with Crippen molar-refractivity contribution in [1.29, 1.82) is 0 Å². The van der Waals surface area contributed by atoms with Crippen LogP contribution in [0.2, 0.25) is 0 Å². The standard InChI is InChI=1S/C15H21N5O/c1-10-7-11(2)20(18-10)13-5-4-6-19(9-13)15(21)14-8-16-17-12(14)3/h7-8,13H,4-6,9H2,1-3H3,(H,16,17)/t13-/m1/s1. The molecule has 112 valence electrons. The van der Waals surface area contributed by atoms with Gasteiger partial charge in [-0.05, 0) is 39.7 Å². The third-order valence-electron chi connectivity index (χ3n) is 4.13. The van der Waals surface area contributed by atoms with E-state index in [1.165, 1.54) is 0 Å². The van der Waals surface area contributed by atoms with E-state index in [1.54, 1.807) is 6.20 Å². The minimum atomic E-state index is 0.0625. The van der Waals surface area contributed by atoms with Crippen LogP contribution < -0.4 is 0 Å². The average molecular weight is 287 g/mol. The van der Waals surface area contributed by atoms with Crippen molar-refractivity contribution in [3.8, 4) is 0 Å². The van der Waals surface area contributed by atoms with E-state index in [1.807, 2.05) is 18.7 Å². The van der Waals surface area contributed by atoms with Crippen LogP contribution in [0.5, 0.6) is 0 Å². The maximum Gasteiger partial charge on any atom is 0.257 e. The number of carbonyl (C=O) groups is 1. The minimum absolute atomic E-state index is 0.0625. The number of aromatic nitrogens is 4. The van der Waals surface area contributed by atoms with Crippen molar-refractivity contribution in [2.45, 2.75) is 39.7 Å². The molecule has 0 aliphatic carbocycles. The molecule has 1 saturated heterocycles. The highest BCUT2D eigenvalue weighted by molar-refractivity contribution is 5.95. The van der Waals surface area contributed by atoms with Crippen LogP contribution in [0, 0.1) is 20.8 Å². The molecule has 0 saturated carbocycles. The van der Waals surface area contributed by atoms with Crippen molar-refractivity contribution >= 4 is 5.91 Å². The van der Waals surface area contributed by atoms with Crippen LogP contribution in [0.25, 0.3) is 0 Å². The lowest BCUT2D eigenvalue weighted by Crippen LogP contribution is -2.41. The van der Waals surface area contributed by atoms with Crippen LogP contribution in [0.1, 0.15) is 46.3 Å². The maximum atomic E-state index is 12.6. The zero-order chi connectivity index (χ0) is 15.0. The number of likely N-dealkylation sites (tertiary alicyclic amines) is 1.